The highest BCUT2D eigenvalue weighted by molar-refractivity contribution is 5.80. The first-order chi connectivity index (χ1) is 36.8. The first-order valence-electron chi connectivity index (χ1n) is 32.3. The van der Waals surface area contributed by atoms with Gasteiger partial charge >= 0.3 is 0 Å². The Morgan fingerprint density at radius 3 is 1.16 bits per heavy atom. The molecule has 0 bridgehead atoms. The van der Waals surface area contributed by atoms with E-state index in [0.29, 0.717) is 19.3 Å². The first-order valence-corrected chi connectivity index (χ1v) is 32.3. The monoisotopic (exact) mass is 1060 g/mol. The number of unbranched alkanes of at least 4 members (excludes halogenated alkanes) is 41. The van der Waals surface area contributed by atoms with Gasteiger partial charge in [-0.3, -0.25) is 4.79 Å². The van der Waals surface area contributed by atoms with Gasteiger partial charge < -0.3 is 45.4 Å². The maximum absolute atomic E-state index is 13.1. The Bertz CT molecular complexity index is 1290. The second kappa shape index (κ2) is 54.3. The Hall–Kier alpha value is -1.63. The predicted octanol–water partition coefficient (Wildman–Crippen LogP) is 15.7. The first kappa shape index (κ1) is 71.4. The van der Waals surface area contributed by atoms with Crippen molar-refractivity contribution in [1.29, 1.82) is 0 Å². The fraction of sp³-hybridized carbons (Fsp3) is 0.892. The fourth-order valence-electron chi connectivity index (χ4n) is 10.4. The summed E-state index contributed by atoms with van der Waals surface area (Å²) in [6.07, 6.45) is 61.4. The van der Waals surface area contributed by atoms with Crippen molar-refractivity contribution in [3.05, 3.63) is 36.5 Å². The van der Waals surface area contributed by atoms with Gasteiger partial charge in [0.2, 0.25) is 5.91 Å². The summed E-state index contributed by atoms with van der Waals surface area (Å²) in [6.45, 7) is 3.63. The van der Waals surface area contributed by atoms with Crippen LogP contribution in [0.5, 0.6) is 0 Å². The van der Waals surface area contributed by atoms with Gasteiger partial charge in [0.1, 0.15) is 30.5 Å². The lowest BCUT2D eigenvalue weighted by molar-refractivity contribution is -0.302. The van der Waals surface area contributed by atoms with Gasteiger partial charge in [-0.05, 0) is 57.8 Å². The lowest BCUT2D eigenvalue weighted by Gasteiger charge is -2.40. The van der Waals surface area contributed by atoms with Gasteiger partial charge in [0.15, 0.2) is 6.29 Å². The van der Waals surface area contributed by atoms with Crippen LogP contribution in [0.2, 0.25) is 0 Å². The van der Waals surface area contributed by atoms with Crippen LogP contribution in [0.3, 0.4) is 0 Å². The van der Waals surface area contributed by atoms with E-state index in [2.05, 4.69) is 43.5 Å². The maximum atomic E-state index is 13.1. The number of hydrogen-bond donors (Lipinski definition) is 7. The van der Waals surface area contributed by atoms with Crippen LogP contribution in [-0.2, 0) is 14.3 Å². The zero-order valence-corrected chi connectivity index (χ0v) is 48.9. The summed E-state index contributed by atoms with van der Waals surface area (Å²) in [5.74, 6) is -0.622. The van der Waals surface area contributed by atoms with E-state index in [1.807, 2.05) is 6.08 Å². The molecule has 8 unspecified atom stereocenters. The summed E-state index contributed by atoms with van der Waals surface area (Å²) in [5, 5.41) is 65.1. The minimum absolute atomic E-state index is 0.306. The lowest BCUT2D eigenvalue weighted by Crippen LogP contribution is -2.60. The zero-order chi connectivity index (χ0) is 54.5. The molecule has 0 saturated carbocycles. The van der Waals surface area contributed by atoms with Gasteiger partial charge in [-0.1, -0.05) is 288 Å². The number of amides is 1. The molecule has 1 aliphatic heterocycles. The molecule has 0 aliphatic carbocycles. The van der Waals surface area contributed by atoms with E-state index in [-0.39, 0.29) is 6.61 Å². The maximum Gasteiger partial charge on any atom is 0.249 e. The van der Waals surface area contributed by atoms with E-state index in [4.69, 9.17) is 9.47 Å². The molecule has 0 aromatic carbocycles. The van der Waals surface area contributed by atoms with Crippen molar-refractivity contribution in [2.24, 2.45) is 0 Å². The number of aliphatic hydroxyl groups is 6. The quantitative estimate of drug-likeness (QED) is 0.0232. The van der Waals surface area contributed by atoms with Crippen molar-refractivity contribution in [2.75, 3.05) is 13.2 Å². The second-order valence-electron chi connectivity index (χ2n) is 22.7. The summed E-state index contributed by atoms with van der Waals surface area (Å²) in [6, 6.07) is -0.997. The SMILES string of the molecule is CCCCCCCCCCCC/C=C/CC/C=C/C(O)C(COC1OC(CO)C(O)C(O)C1O)NC(=O)C(O)CCCCCCCCCCCCCCCCCC/C=C\CCCCCCCCCCCCCCCC. The highest BCUT2D eigenvalue weighted by Crippen LogP contribution is 2.23. The van der Waals surface area contributed by atoms with Crippen molar-refractivity contribution in [1.82, 2.24) is 5.32 Å². The predicted molar refractivity (Wildman–Crippen MR) is 315 cm³/mol. The van der Waals surface area contributed by atoms with Gasteiger partial charge in [0.25, 0.3) is 0 Å². The molecule has 10 nitrogen and oxygen atoms in total. The molecule has 1 aliphatic rings. The van der Waals surface area contributed by atoms with Crippen LogP contribution >= 0.6 is 0 Å². The number of carbonyl (C=O) groups excluding carboxylic acids is 1. The zero-order valence-electron chi connectivity index (χ0n) is 48.9. The summed E-state index contributed by atoms with van der Waals surface area (Å²) < 4.78 is 11.2. The molecule has 7 N–H and O–H groups in total. The van der Waals surface area contributed by atoms with Crippen molar-refractivity contribution in [3.63, 3.8) is 0 Å². The molecule has 75 heavy (non-hydrogen) atoms. The molecular weight excluding hydrogens is 939 g/mol. The molecule has 442 valence electrons. The summed E-state index contributed by atoms with van der Waals surface area (Å²) in [5.41, 5.74) is 0. The van der Waals surface area contributed by atoms with Crippen molar-refractivity contribution in [2.45, 2.75) is 358 Å². The topological polar surface area (TPSA) is 169 Å². The minimum atomic E-state index is -1.62. The molecule has 0 aromatic rings. The number of rotatable bonds is 56. The third-order valence-corrected chi connectivity index (χ3v) is 15.5. The van der Waals surface area contributed by atoms with Crippen molar-refractivity contribution in [3.8, 4) is 0 Å². The molecule has 1 rings (SSSR count). The summed E-state index contributed by atoms with van der Waals surface area (Å²) in [4.78, 5) is 13.1. The van der Waals surface area contributed by atoms with Gasteiger partial charge in [0.05, 0.1) is 25.4 Å². The standard InChI is InChI=1S/C65H123NO9/c1-3-5-7-9-11-13-15-17-19-21-22-23-24-25-26-27-28-29-30-31-32-33-34-35-36-37-38-40-42-44-46-48-50-52-54-59(69)64(73)66-57(56-74-65-63(72)62(71)61(70)60(55-67)75-65)58(68)53-51-49-47-45-43-41-39-20-18-16-14-12-10-8-6-4-2/h27-28,43,45,51,53,57-63,65,67-72H,3-26,29-42,44,46-50,52,54-56H2,1-2H3,(H,66,73)/b28-27-,45-43+,53-51+. The molecule has 8 atom stereocenters. The van der Waals surface area contributed by atoms with E-state index in [0.717, 1.165) is 32.1 Å². The largest absolute Gasteiger partial charge is 0.394 e. The number of allylic oxidation sites excluding steroid dienone is 5. The second-order valence-corrected chi connectivity index (χ2v) is 22.7. The highest BCUT2D eigenvalue weighted by Gasteiger charge is 2.44. The number of nitrogens with one attached hydrogen (secondary N) is 1. The third-order valence-electron chi connectivity index (χ3n) is 15.5. The normalized spacial score (nSPS) is 19.5. The van der Waals surface area contributed by atoms with Crippen LogP contribution in [0.15, 0.2) is 36.5 Å². The van der Waals surface area contributed by atoms with E-state index in [9.17, 15) is 35.4 Å². The molecule has 1 heterocycles. The van der Waals surface area contributed by atoms with E-state index in [1.54, 1.807) is 6.08 Å². The van der Waals surface area contributed by atoms with Gasteiger partial charge in [-0.25, -0.2) is 0 Å². The third kappa shape index (κ3) is 42.9. The lowest BCUT2D eigenvalue weighted by atomic mass is 9.99. The fourth-order valence-corrected chi connectivity index (χ4v) is 10.4. The summed E-state index contributed by atoms with van der Waals surface area (Å²) in [7, 11) is 0. The van der Waals surface area contributed by atoms with E-state index in [1.165, 1.54) is 244 Å². The van der Waals surface area contributed by atoms with Crippen LogP contribution < -0.4 is 5.32 Å². The molecule has 1 amide bonds. The van der Waals surface area contributed by atoms with E-state index >= 15 is 0 Å². The smallest absolute Gasteiger partial charge is 0.249 e. The van der Waals surface area contributed by atoms with Gasteiger partial charge in [-0.15, -0.1) is 0 Å². The highest BCUT2D eigenvalue weighted by atomic mass is 16.7. The van der Waals surface area contributed by atoms with E-state index < -0.39 is 61.5 Å². The van der Waals surface area contributed by atoms with Crippen LogP contribution in [0.1, 0.15) is 309 Å². The average Bonchev–Trinajstić information content (AvgIpc) is 3.41. The Balaban J connectivity index is 2.14. The molecule has 0 spiro atoms. The molecule has 1 fully saturated rings. The number of hydrogen-bond acceptors (Lipinski definition) is 9. The van der Waals surface area contributed by atoms with Crippen LogP contribution in [0, 0.1) is 0 Å². The molecule has 0 aromatic heterocycles. The Morgan fingerprint density at radius 1 is 0.453 bits per heavy atom. The number of ether oxygens (including phenoxy) is 2. The average molecular weight is 1060 g/mol. The van der Waals surface area contributed by atoms with Gasteiger partial charge in [-0.2, -0.15) is 0 Å². The molecule has 0 radical (unpaired) electrons. The molecule has 1 saturated heterocycles. The Labute approximate surface area is 462 Å². The van der Waals surface area contributed by atoms with Crippen LogP contribution in [-0.4, -0.2) is 98.7 Å². The van der Waals surface area contributed by atoms with Crippen LogP contribution in [0.25, 0.3) is 0 Å². The molecular formula is C65H123NO9. The number of carbonyl (C=O) groups is 1. The Kier molecular flexibility index (Phi) is 51.7. The van der Waals surface area contributed by atoms with Gasteiger partial charge in [0, 0.05) is 0 Å². The Morgan fingerprint density at radius 2 is 0.787 bits per heavy atom. The summed E-state index contributed by atoms with van der Waals surface area (Å²) >= 11 is 0. The van der Waals surface area contributed by atoms with Crippen molar-refractivity contribution >= 4 is 5.91 Å². The molecule has 10 heteroatoms. The number of aliphatic hydroxyl groups excluding tert-OH is 6. The minimum Gasteiger partial charge on any atom is -0.394 e. The van der Waals surface area contributed by atoms with Crippen LogP contribution in [0.4, 0.5) is 0 Å². The van der Waals surface area contributed by atoms with Crippen molar-refractivity contribution < 1.29 is 44.9 Å².